The van der Waals surface area contributed by atoms with Crippen molar-refractivity contribution in [2.75, 3.05) is 0 Å². The summed E-state index contributed by atoms with van der Waals surface area (Å²) in [6.45, 7) is 3.56. The first-order valence-corrected chi connectivity index (χ1v) is 3.61. The summed E-state index contributed by atoms with van der Waals surface area (Å²) in [5.74, 6) is 0. The molecule has 0 saturated carbocycles. The van der Waals surface area contributed by atoms with Crippen molar-refractivity contribution >= 4 is 11.6 Å². The molecule has 0 saturated heterocycles. The number of rotatable bonds is 2. The highest BCUT2D eigenvalue weighted by molar-refractivity contribution is 6.30. The van der Waals surface area contributed by atoms with Crippen LogP contribution >= 0.6 is 11.6 Å². The highest BCUT2D eigenvalue weighted by Gasteiger charge is 2.00. The van der Waals surface area contributed by atoms with Gasteiger partial charge in [0.2, 0.25) is 0 Å². The number of hydrogen-bond acceptors (Lipinski definition) is 2. The van der Waals surface area contributed by atoms with E-state index in [1.54, 1.807) is 24.4 Å². The molecule has 0 aromatic carbocycles. The van der Waals surface area contributed by atoms with Gasteiger partial charge in [-0.05, 0) is 12.1 Å². The Labute approximate surface area is 70.7 Å². The van der Waals surface area contributed by atoms with Crippen LogP contribution in [0.5, 0.6) is 0 Å². The highest BCUT2D eigenvalue weighted by atomic mass is 35.5. The van der Waals surface area contributed by atoms with Crippen LogP contribution in [0, 0.1) is 0 Å². The zero-order valence-electron chi connectivity index (χ0n) is 6.00. The first-order chi connectivity index (χ1) is 5.24. The lowest BCUT2D eigenvalue weighted by Gasteiger charge is -2.03. The number of hydrogen-bond donors (Lipinski definition) is 1. The molecule has 2 nitrogen and oxygen atoms in total. The molecule has 0 radical (unpaired) electrons. The first kappa shape index (κ1) is 8.24. The highest BCUT2D eigenvalue weighted by Crippen LogP contribution is 2.11. The Balaban J connectivity index is 2.89. The molecule has 0 amide bonds. The maximum Gasteiger partial charge on any atom is 0.0653 e. The van der Waals surface area contributed by atoms with Crippen LogP contribution in [0.3, 0.4) is 0 Å². The Kier molecular flexibility index (Phi) is 2.63. The number of pyridine rings is 1. The van der Waals surface area contributed by atoms with Crippen LogP contribution in [0.1, 0.15) is 11.7 Å². The quantitative estimate of drug-likeness (QED) is 0.686. The Bertz CT molecular complexity index is 243. The van der Waals surface area contributed by atoms with E-state index in [1.807, 2.05) is 0 Å². The summed E-state index contributed by atoms with van der Waals surface area (Å²) in [6.07, 6.45) is 3.20. The Hall–Kier alpha value is -0.860. The fourth-order valence-electron chi connectivity index (χ4n) is 0.705. The average Bonchev–Trinajstić information content (AvgIpc) is 2.05. The van der Waals surface area contributed by atoms with E-state index in [1.165, 1.54) is 0 Å². The summed E-state index contributed by atoms with van der Waals surface area (Å²) < 4.78 is 0. The van der Waals surface area contributed by atoms with Gasteiger partial charge in [0.15, 0.2) is 0 Å². The van der Waals surface area contributed by atoms with E-state index in [4.69, 9.17) is 17.3 Å². The molecule has 0 aliphatic carbocycles. The van der Waals surface area contributed by atoms with Crippen molar-refractivity contribution in [3.05, 3.63) is 41.7 Å². The van der Waals surface area contributed by atoms with Crippen LogP contribution in [-0.4, -0.2) is 4.98 Å². The van der Waals surface area contributed by atoms with Crippen LogP contribution in [0.4, 0.5) is 0 Å². The molecule has 1 heterocycles. The van der Waals surface area contributed by atoms with Gasteiger partial charge in [-0.15, -0.1) is 6.58 Å². The lowest BCUT2D eigenvalue weighted by atomic mass is 10.2. The van der Waals surface area contributed by atoms with Crippen molar-refractivity contribution in [2.24, 2.45) is 5.73 Å². The van der Waals surface area contributed by atoms with Gasteiger partial charge in [-0.2, -0.15) is 0 Å². The largest absolute Gasteiger partial charge is 0.319 e. The topological polar surface area (TPSA) is 38.9 Å². The lowest BCUT2D eigenvalue weighted by molar-refractivity contribution is 0.864. The zero-order valence-corrected chi connectivity index (χ0v) is 6.75. The summed E-state index contributed by atoms with van der Waals surface area (Å²) in [6, 6.07) is 3.34. The normalized spacial score (nSPS) is 12.5. The van der Waals surface area contributed by atoms with Gasteiger partial charge in [-0.3, -0.25) is 4.98 Å². The molecule has 1 aromatic rings. The monoisotopic (exact) mass is 168 g/mol. The van der Waals surface area contributed by atoms with Gasteiger partial charge in [0.1, 0.15) is 0 Å². The van der Waals surface area contributed by atoms with Gasteiger partial charge in [0, 0.05) is 6.20 Å². The Morgan fingerprint density at radius 3 is 2.82 bits per heavy atom. The number of nitrogens with zero attached hydrogens (tertiary/aromatic N) is 1. The molecule has 1 aromatic heterocycles. The van der Waals surface area contributed by atoms with E-state index in [0.29, 0.717) is 5.02 Å². The van der Waals surface area contributed by atoms with Crippen LogP contribution in [0.25, 0.3) is 0 Å². The molecule has 0 aliphatic rings. The maximum atomic E-state index is 5.63. The molecule has 11 heavy (non-hydrogen) atoms. The number of nitrogens with two attached hydrogens (primary N) is 1. The summed E-state index contributed by atoms with van der Waals surface area (Å²) in [7, 11) is 0. The molecule has 1 atom stereocenters. The van der Waals surface area contributed by atoms with Crippen LogP contribution in [0.15, 0.2) is 31.0 Å². The van der Waals surface area contributed by atoms with Gasteiger partial charge >= 0.3 is 0 Å². The fraction of sp³-hybridized carbons (Fsp3) is 0.125. The van der Waals surface area contributed by atoms with E-state index in [2.05, 4.69) is 11.6 Å². The third-order valence-electron chi connectivity index (χ3n) is 1.35. The van der Waals surface area contributed by atoms with E-state index in [0.717, 1.165) is 5.69 Å². The molecule has 1 unspecified atom stereocenters. The van der Waals surface area contributed by atoms with Crippen LogP contribution in [0.2, 0.25) is 5.02 Å². The van der Waals surface area contributed by atoms with Crippen molar-refractivity contribution in [2.45, 2.75) is 6.04 Å². The summed E-state index contributed by atoms with van der Waals surface area (Å²) in [4.78, 5) is 4.02. The number of halogens is 1. The van der Waals surface area contributed by atoms with Gasteiger partial charge in [0.05, 0.1) is 16.8 Å². The lowest BCUT2D eigenvalue weighted by Crippen LogP contribution is -2.07. The van der Waals surface area contributed by atoms with Crippen LogP contribution < -0.4 is 5.73 Å². The van der Waals surface area contributed by atoms with Crippen LogP contribution in [-0.2, 0) is 0 Å². The molecule has 58 valence electrons. The minimum Gasteiger partial charge on any atom is -0.319 e. The van der Waals surface area contributed by atoms with Gasteiger partial charge in [-0.1, -0.05) is 17.7 Å². The molecule has 3 heteroatoms. The van der Waals surface area contributed by atoms with E-state index < -0.39 is 0 Å². The van der Waals surface area contributed by atoms with Gasteiger partial charge in [-0.25, -0.2) is 0 Å². The summed E-state index contributed by atoms with van der Waals surface area (Å²) in [5, 5.41) is 0.616. The molecule has 1 rings (SSSR count). The third-order valence-corrected chi connectivity index (χ3v) is 1.57. The molecule has 0 bridgehead atoms. The first-order valence-electron chi connectivity index (χ1n) is 3.23. The second kappa shape index (κ2) is 3.51. The Morgan fingerprint density at radius 1 is 1.64 bits per heavy atom. The maximum absolute atomic E-state index is 5.63. The minimum atomic E-state index is -0.202. The number of aromatic nitrogens is 1. The van der Waals surface area contributed by atoms with Crippen molar-refractivity contribution in [1.82, 2.24) is 4.98 Å². The minimum absolute atomic E-state index is 0.202. The van der Waals surface area contributed by atoms with Crippen molar-refractivity contribution in [1.29, 1.82) is 0 Å². The van der Waals surface area contributed by atoms with Crippen molar-refractivity contribution < 1.29 is 0 Å². The predicted molar refractivity (Wildman–Crippen MR) is 46.4 cm³/mol. The van der Waals surface area contributed by atoms with Gasteiger partial charge in [0.25, 0.3) is 0 Å². The standard InChI is InChI=1S/C8H9ClN2/c1-2-7(10)8-4-3-6(9)5-11-8/h2-5,7H,1,10H2. The SMILES string of the molecule is C=CC(N)c1ccc(Cl)cn1. The Morgan fingerprint density at radius 2 is 2.36 bits per heavy atom. The molecule has 0 fully saturated rings. The second-order valence-corrected chi connectivity index (χ2v) is 2.60. The van der Waals surface area contributed by atoms with Crippen molar-refractivity contribution in [3.8, 4) is 0 Å². The summed E-state index contributed by atoms with van der Waals surface area (Å²) in [5.41, 5.74) is 6.40. The predicted octanol–water partition coefficient (Wildman–Crippen LogP) is 1.92. The molecular weight excluding hydrogens is 160 g/mol. The fourth-order valence-corrected chi connectivity index (χ4v) is 0.817. The molecule has 0 aliphatic heterocycles. The van der Waals surface area contributed by atoms with E-state index >= 15 is 0 Å². The molecule has 0 spiro atoms. The molecular formula is C8H9ClN2. The third kappa shape index (κ3) is 2.03. The van der Waals surface area contributed by atoms with Crippen molar-refractivity contribution in [3.63, 3.8) is 0 Å². The smallest absolute Gasteiger partial charge is 0.0653 e. The average molecular weight is 169 g/mol. The summed E-state index contributed by atoms with van der Waals surface area (Å²) >= 11 is 5.63. The van der Waals surface area contributed by atoms with Gasteiger partial charge < -0.3 is 5.73 Å². The zero-order chi connectivity index (χ0) is 8.27. The van der Waals surface area contributed by atoms with E-state index in [9.17, 15) is 0 Å². The van der Waals surface area contributed by atoms with E-state index in [-0.39, 0.29) is 6.04 Å². The second-order valence-electron chi connectivity index (χ2n) is 2.16. The molecule has 2 N–H and O–H groups in total.